The highest BCUT2D eigenvalue weighted by molar-refractivity contribution is 14.1. The molecule has 2 rings (SSSR count). The molecular weight excluding hydrogens is 354 g/mol. The minimum atomic E-state index is 0.720. The molecule has 0 aliphatic rings. The zero-order valence-electron chi connectivity index (χ0n) is 5.74. The van der Waals surface area contributed by atoms with Crippen LogP contribution < -0.4 is 0 Å². The summed E-state index contributed by atoms with van der Waals surface area (Å²) in [6, 6.07) is 1.79. The Balaban J connectivity index is 2.93. The highest BCUT2D eigenvalue weighted by atomic mass is 127. The molecule has 2 heterocycles. The Morgan fingerprint density at radius 3 is 3.08 bits per heavy atom. The second-order valence-corrected chi connectivity index (χ2v) is 4.67. The van der Waals surface area contributed by atoms with E-state index in [-0.39, 0.29) is 0 Å². The minimum Gasteiger partial charge on any atom is -0.345 e. The lowest BCUT2D eigenvalue weighted by Gasteiger charge is -1.95. The first kappa shape index (κ1) is 8.77. The molecule has 0 spiro atoms. The summed E-state index contributed by atoms with van der Waals surface area (Å²) in [5.41, 5.74) is 0.818. The SMILES string of the molecule is Clc1cc(Br)nc2[nH]cc(I)c12. The summed E-state index contributed by atoms with van der Waals surface area (Å²) in [5.74, 6) is 0. The van der Waals surface area contributed by atoms with Crippen molar-refractivity contribution < 1.29 is 0 Å². The van der Waals surface area contributed by atoms with Crippen molar-refractivity contribution in [3.63, 3.8) is 0 Å². The van der Waals surface area contributed by atoms with Gasteiger partial charge in [0.1, 0.15) is 10.3 Å². The second-order valence-electron chi connectivity index (χ2n) is 2.29. The summed E-state index contributed by atoms with van der Waals surface area (Å²) in [5, 5.41) is 1.71. The van der Waals surface area contributed by atoms with Gasteiger partial charge in [0.05, 0.1) is 10.4 Å². The smallest absolute Gasteiger partial charge is 0.141 e. The summed E-state index contributed by atoms with van der Waals surface area (Å²) < 4.78 is 1.84. The van der Waals surface area contributed by atoms with E-state index in [0.717, 1.165) is 24.2 Å². The summed E-state index contributed by atoms with van der Waals surface area (Å²) in [4.78, 5) is 7.27. The number of aromatic nitrogens is 2. The van der Waals surface area contributed by atoms with Gasteiger partial charge in [0, 0.05) is 9.77 Å². The summed E-state index contributed by atoms with van der Waals surface area (Å²) in [6.07, 6.45) is 1.89. The fraction of sp³-hybridized carbons (Fsp3) is 0. The molecule has 0 aliphatic heterocycles. The molecule has 0 unspecified atom stereocenters. The average Bonchev–Trinajstić information content (AvgIpc) is 2.31. The minimum absolute atomic E-state index is 0.720. The first-order valence-electron chi connectivity index (χ1n) is 3.17. The van der Waals surface area contributed by atoms with Crippen LogP contribution in [0.15, 0.2) is 16.9 Å². The molecule has 5 heteroatoms. The van der Waals surface area contributed by atoms with Crippen molar-refractivity contribution in [1.29, 1.82) is 0 Å². The molecule has 1 N–H and O–H groups in total. The van der Waals surface area contributed by atoms with Gasteiger partial charge < -0.3 is 4.98 Å². The highest BCUT2D eigenvalue weighted by Gasteiger charge is 2.07. The average molecular weight is 357 g/mol. The van der Waals surface area contributed by atoms with E-state index >= 15 is 0 Å². The second kappa shape index (κ2) is 3.16. The number of halogens is 3. The van der Waals surface area contributed by atoms with Crippen molar-refractivity contribution in [3.8, 4) is 0 Å². The van der Waals surface area contributed by atoms with E-state index in [0.29, 0.717) is 0 Å². The van der Waals surface area contributed by atoms with Crippen LogP contribution in [0.5, 0.6) is 0 Å². The molecule has 0 saturated carbocycles. The van der Waals surface area contributed by atoms with E-state index in [1.807, 2.05) is 6.20 Å². The molecule has 2 aromatic rings. The molecule has 0 aromatic carbocycles. The van der Waals surface area contributed by atoms with Gasteiger partial charge in [-0.25, -0.2) is 4.98 Å². The Bertz CT molecular complexity index is 440. The van der Waals surface area contributed by atoms with Gasteiger partial charge in [-0.05, 0) is 44.6 Å². The maximum atomic E-state index is 6.01. The van der Waals surface area contributed by atoms with Gasteiger partial charge in [-0.2, -0.15) is 0 Å². The normalized spacial score (nSPS) is 10.9. The van der Waals surface area contributed by atoms with E-state index in [2.05, 4.69) is 48.5 Å². The monoisotopic (exact) mass is 356 g/mol. The van der Waals surface area contributed by atoms with Crippen molar-refractivity contribution in [2.24, 2.45) is 0 Å². The van der Waals surface area contributed by atoms with Gasteiger partial charge in [-0.1, -0.05) is 11.6 Å². The fourth-order valence-corrected chi connectivity index (χ4v) is 2.71. The van der Waals surface area contributed by atoms with Crippen molar-refractivity contribution >= 4 is 61.2 Å². The lowest BCUT2D eigenvalue weighted by atomic mass is 10.3. The molecule has 62 valence electrons. The zero-order chi connectivity index (χ0) is 8.72. The summed E-state index contributed by atoms with van der Waals surface area (Å²) in [7, 11) is 0. The molecule has 2 nitrogen and oxygen atoms in total. The Morgan fingerprint density at radius 1 is 1.58 bits per heavy atom. The highest BCUT2D eigenvalue weighted by Crippen LogP contribution is 2.28. The topological polar surface area (TPSA) is 28.7 Å². The number of fused-ring (bicyclic) bond motifs is 1. The first-order valence-corrected chi connectivity index (χ1v) is 5.42. The van der Waals surface area contributed by atoms with E-state index in [9.17, 15) is 0 Å². The molecule has 0 fully saturated rings. The van der Waals surface area contributed by atoms with Crippen LogP contribution >= 0.6 is 50.1 Å². The van der Waals surface area contributed by atoms with Crippen molar-refractivity contribution in [3.05, 3.63) is 25.5 Å². The van der Waals surface area contributed by atoms with Crippen molar-refractivity contribution in [2.75, 3.05) is 0 Å². The van der Waals surface area contributed by atoms with Gasteiger partial charge in [0.25, 0.3) is 0 Å². The van der Waals surface area contributed by atoms with Crippen molar-refractivity contribution in [2.45, 2.75) is 0 Å². The van der Waals surface area contributed by atoms with E-state index in [1.165, 1.54) is 0 Å². The Kier molecular flexibility index (Phi) is 2.31. The number of aromatic amines is 1. The molecule has 12 heavy (non-hydrogen) atoms. The molecule has 0 radical (unpaired) electrons. The van der Waals surface area contributed by atoms with E-state index in [1.54, 1.807) is 6.07 Å². The van der Waals surface area contributed by atoms with Gasteiger partial charge >= 0.3 is 0 Å². The van der Waals surface area contributed by atoms with Crippen molar-refractivity contribution in [1.82, 2.24) is 9.97 Å². The number of hydrogen-bond acceptors (Lipinski definition) is 1. The van der Waals surface area contributed by atoms with Gasteiger partial charge in [-0.15, -0.1) is 0 Å². The van der Waals surface area contributed by atoms with Crippen LogP contribution in [-0.2, 0) is 0 Å². The molecular formula is C7H3BrClIN2. The molecule has 0 amide bonds. The molecule has 0 aliphatic carbocycles. The number of hydrogen-bond donors (Lipinski definition) is 1. The van der Waals surface area contributed by atoms with Gasteiger partial charge in [0.15, 0.2) is 0 Å². The number of nitrogens with zero attached hydrogens (tertiary/aromatic N) is 1. The largest absolute Gasteiger partial charge is 0.345 e. The number of nitrogens with one attached hydrogen (secondary N) is 1. The summed E-state index contributed by atoms with van der Waals surface area (Å²) >= 11 is 11.5. The van der Waals surface area contributed by atoms with Gasteiger partial charge in [0.2, 0.25) is 0 Å². The molecule has 0 saturated heterocycles. The summed E-state index contributed by atoms with van der Waals surface area (Å²) in [6.45, 7) is 0. The van der Waals surface area contributed by atoms with Crippen LogP contribution in [0.4, 0.5) is 0 Å². The maximum absolute atomic E-state index is 6.01. The number of rotatable bonds is 0. The lowest BCUT2D eigenvalue weighted by molar-refractivity contribution is 1.29. The van der Waals surface area contributed by atoms with Crippen LogP contribution in [-0.4, -0.2) is 9.97 Å². The first-order chi connectivity index (χ1) is 5.68. The quantitative estimate of drug-likeness (QED) is 0.567. The lowest BCUT2D eigenvalue weighted by Crippen LogP contribution is -1.79. The number of pyridine rings is 1. The van der Waals surface area contributed by atoms with Gasteiger partial charge in [-0.3, -0.25) is 0 Å². The Labute approximate surface area is 96.0 Å². The number of H-pyrrole nitrogens is 1. The predicted octanol–water partition coefficient (Wildman–Crippen LogP) is 3.58. The van der Waals surface area contributed by atoms with Crippen LogP contribution in [0.2, 0.25) is 5.02 Å². The third kappa shape index (κ3) is 1.36. The predicted molar refractivity (Wildman–Crippen MR) is 61.5 cm³/mol. The fourth-order valence-electron chi connectivity index (χ4n) is 1.02. The molecule has 0 atom stereocenters. The van der Waals surface area contributed by atoms with E-state index in [4.69, 9.17) is 11.6 Å². The van der Waals surface area contributed by atoms with E-state index < -0.39 is 0 Å². The molecule has 0 bridgehead atoms. The van der Waals surface area contributed by atoms with Crippen LogP contribution in [0.1, 0.15) is 0 Å². The molecule has 2 aromatic heterocycles. The standard InChI is InChI=1S/C7H3BrClIN2/c8-5-1-3(9)6-4(10)2-11-7(6)12-5/h1-2H,(H,11,12). The Hall–Kier alpha value is 0.190. The van der Waals surface area contributed by atoms with Crippen LogP contribution in [0.25, 0.3) is 11.0 Å². The third-order valence-electron chi connectivity index (χ3n) is 1.51. The Morgan fingerprint density at radius 2 is 2.33 bits per heavy atom. The van der Waals surface area contributed by atoms with Crippen LogP contribution in [0.3, 0.4) is 0 Å². The third-order valence-corrected chi connectivity index (χ3v) is 3.07. The van der Waals surface area contributed by atoms with Crippen LogP contribution in [0, 0.1) is 3.57 Å². The maximum Gasteiger partial charge on any atom is 0.141 e. The zero-order valence-corrected chi connectivity index (χ0v) is 10.2.